The summed E-state index contributed by atoms with van der Waals surface area (Å²) in [5, 5.41) is 0. The summed E-state index contributed by atoms with van der Waals surface area (Å²) in [4.78, 5) is 2.55. The Balaban J connectivity index is 1.95. The summed E-state index contributed by atoms with van der Waals surface area (Å²) in [6.45, 7) is 5.35. The van der Waals surface area contributed by atoms with Crippen molar-refractivity contribution in [2.45, 2.75) is 25.5 Å². The van der Waals surface area contributed by atoms with Gasteiger partial charge in [-0.25, -0.2) is 0 Å². The van der Waals surface area contributed by atoms with Gasteiger partial charge in [0.15, 0.2) is 0 Å². The van der Waals surface area contributed by atoms with Crippen molar-refractivity contribution < 1.29 is 4.74 Å². The molecule has 2 heteroatoms. The minimum absolute atomic E-state index is 0.329. The predicted molar refractivity (Wildman–Crippen MR) is 59.9 cm³/mol. The largest absolute Gasteiger partial charge is 0.371 e. The number of ether oxygens (including phenoxy) is 1. The second-order valence-corrected chi connectivity index (χ2v) is 4.39. The highest BCUT2D eigenvalue weighted by Gasteiger charge is 2.38. The number of benzene rings is 1. The number of fused-ring (bicyclic) bond motifs is 3. The van der Waals surface area contributed by atoms with Crippen LogP contribution < -0.4 is 0 Å². The second kappa shape index (κ2) is 3.62. The number of rotatable bonds is 1. The number of hydrogen-bond acceptors (Lipinski definition) is 2. The standard InChI is InChI=1S/C13H17NO/c1-2-14-7-8-15-13-11-6-4-3-5-10(11)9-12(13)14/h3-6,12-13H,2,7-9H2,1H3. The Hall–Kier alpha value is -0.860. The lowest BCUT2D eigenvalue weighted by molar-refractivity contribution is -0.0624. The average molecular weight is 203 g/mol. The van der Waals surface area contributed by atoms with Gasteiger partial charge in [0.1, 0.15) is 0 Å². The molecule has 15 heavy (non-hydrogen) atoms. The summed E-state index contributed by atoms with van der Waals surface area (Å²) in [5.74, 6) is 0. The third-order valence-corrected chi connectivity index (χ3v) is 3.69. The Bertz CT molecular complexity index is 363. The van der Waals surface area contributed by atoms with Crippen LogP contribution >= 0.6 is 0 Å². The van der Waals surface area contributed by atoms with Gasteiger partial charge in [0.05, 0.1) is 12.7 Å². The summed E-state index contributed by atoms with van der Waals surface area (Å²) >= 11 is 0. The minimum atomic E-state index is 0.329. The molecule has 1 aliphatic heterocycles. The SMILES string of the molecule is CCN1CCOC2c3ccccc3CC21. The predicted octanol–water partition coefficient (Wildman–Crippen LogP) is 2.00. The molecule has 0 saturated carbocycles. The van der Waals surface area contributed by atoms with E-state index in [9.17, 15) is 0 Å². The molecule has 0 bridgehead atoms. The van der Waals surface area contributed by atoms with Gasteiger partial charge in [0, 0.05) is 12.6 Å². The molecule has 2 nitrogen and oxygen atoms in total. The van der Waals surface area contributed by atoms with Gasteiger partial charge in [-0.2, -0.15) is 0 Å². The number of morpholine rings is 1. The van der Waals surface area contributed by atoms with Gasteiger partial charge in [-0.15, -0.1) is 0 Å². The highest BCUT2D eigenvalue weighted by molar-refractivity contribution is 5.36. The van der Waals surface area contributed by atoms with Crippen LogP contribution in [0.5, 0.6) is 0 Å². The van der Waals surface area contributed by atoms with Crippen molar-refractivity contribution in [3.05, 3.63) is 35.4 Å². The fraction of sp³-hybridized carbons (Fsp3) is 0.538. The highest BCUT2D eigenvalue weighted by Crippen LogP contribution is 2.38. The summed E-state index contributed by atoms with van der Waals surface area (Å²) in [5.41, 5.74) is 2.90. The molecule has 1 aromatic rings. The molecule has 80 valence electrons. The van der Waals surface area contributed by atoms with Crippen LogP contribution in [0.25, 0.3) is 0 Å². The van der Waals surface area contributed by atoms with E-state index >= 15 is 0 Å². The Morgan fingerprint density at radius 2 is 2.27 bits per heavy atom. The molecule has 0 N–H and O–H groups in total. The Kier molecular flexibility index (Phi) is 2.26. The van der Waals surface area contributed by atoms with Gasteiger partial charge < -0.3 is 4.74 Å². The van der Waals surface area contributed by atoms with E-state index in [1.807, 2.05) is 0 Å². The van der Waals surface area contributed by atoms with Gasteiger partial charge in [-0.1, -0.05) is 31.2 Å². The lowest BCUT2D eigenvalue weighted by Gasteiger charge is -2.37. The lowest BCUT2D eigenvalue weighted by atomic mass is 10.1. The first kappa shape index (κ1) is 9.37. The van der Waals surface area contributed by atoms with E-state index in [4.69, 9.17) is 4.74 Å². The molecule has 0 amide bonds. The maximum Gasteiger partial charge on any atom is 0.0986 e. The van der Waals surface area contributed by atoms with Crippen molar-refractivity contribution >= 4 is 0 Å². The highest BCUT2D eigenvalue weighted by atomic mass is 16.5. The zero-order valence-corrected chi connectivity index (χ0v) is 9.15. The molecule has 2 aliphatic rings. The van der Waals surface area contributed by atoms with Gasteiger partial charge in [0.25, 0.3) is 0 Å². The monoisotopic (exact) mass is 203 g/mol. The van der Waals surface area contributed by atoms with Crippen molar-refractivity contribution in [2.24, 2.45) is 0 Å². The van der Waals surface area contributed by atoms with E-state index in [1.54, 1.807) is 0 Å². The van der Waals surface area contributed by atoms with Crippen LogP contribution in [0.4, 0.5) is 0 Å². The third kappa shape index (κ3) is 1.40. The van der Waals surface area contributed by atoms with Crippen molar-refractivity contribution in [3.63, 3.8) is 0 Å². The van der Waals surface area contributed by atoms with E-state index < -0.39 is 0 Å². The second-order valence-electron chi connectivity index (χ2n) is 4.39. The van der Waals surface area contributed by atoms with Crippen LogP contribution in [0.3, 0.4) is 0 Å². The topological polar surface area (TPSA) is 12.5 Å². The van der Waals surface area contributed by atoms with Gasteiger partial charge in [-0.3, -0.25) is 4.90 Å². The summed E-state index contributed by atoms with van der Waals surface area (Å²) in [6, 6.07) is 9.30. The van der Waals surface area contributed by atoms with Crippen LogP contribution in [-0.4, -0.2) is 30.6 Å². The Morgan fingerprint density at radius 3 is 3.13 bits per heavy atom. The van der Waals surface area contributed by atoms with E-state index in [-0.39, 0.29) is 0 Å². The quantitative estimate of drug-likeness (QED) is 0.692. The molecular weight excluding hydrogens is 186 g/mol. The van der Waals surface area contributed by atoms with E-state index in [2.05, 4.69) is 36.1 Å². The molecule has 1 aromatic carbocycles. The van der Waals surface area contributed by atoms with Crippen LogP contribution in [0.2, 0.25) is 0 Å². The molecule has 0 aromatic heterocycles. The first-order valence-corrected chi connectivity index (χ1v) is 5.83. The Morgan fingerprint density at radius 1 is 1.40 bits per heavy atom. The molecule has 1 saturated heterocycles. The van der Waals surface area contributed by atoms with E-state index in [1.165, 1.54) is 11.1 Å². The lowest BCUT2D eigenvalue weighted by Crippen LogP contribution is -2.45. The van der Waals surface area contributed by atoms with E-state index in [0.717, 1.165) is 26.1 Å². The van der Waals surface area contributed by atoms with Crippen molar-refractivity contribution in [1.82, 2.24) is 4.90 Å². The summed E-state index contributed by atoms with van der Waals surface area (Å²) in [6.07, 6.45) is 1.49. The molecule has 0 spiro atoms. The molecule has 2 atom stereocenters. The average Bonchev–Trinajstić information content (AvgIpc) is 2.67. The van der Waals surface area contributed by atoms with Crippen LogP contribution in [0.1, 0.15) is 24.2 Å². The van der Waals surface area contributed by atoms with Gasteiger partial charge in [-0.05, 0) is 24.1 Å². The molecular formula is C13H17NO. The van der Waals surface area contributed by atoms with Gasteiger partial charge in [0.2, 0.25) is 0 Å². The maximum absolute atomic E-state index is 5.92. The van der Waals surface area contributed by atoms with Crippen LogP contribution in [0.15, 0.2) is 24.3 Å². The number of nitrogens with zero attached hydrogens (tertiary/aromatic N) is 1. The number of hydrogen-bond donors (Lipinski definition) is 0. The first-order chi connectivity index (χ1) is 7.40. The number of likely N-dealkylation sites (N-methyl/N-ethyl adjacent to an activating group) is 1. The fourth-order valence-electron chi connectivity index (χ4n) is 2.91. The van der Waals surface area contributed by atoms with Crippen molar-refractivity contribution in [1.29, 1.82) is 0 Å². The molecule has 1 heterocycles. The normalized spacial score (nSPS) is 29.9. The molecule has 0 radical (unpaired) electrons. The van der Waals surface area contributed by atoms with Crippen LogP contribution in [0, 0.1) is 0 Å². The molecule has 2 unspecified atom stereocenters. The maximum atomic E-state index is 5.92. The van der Waals surface area contributed by atoms with Crippen molar-refractivity contribution in [2.75, 3.05) is 19.7 Å². The molecule has 3 rings (SSSR count). The zero-order chi connectivity index (χ0) is 10.3. The minimum Gasteiger partial charge on any atom is -0.371 e. The van der Waals surface area contributed by atoms with Crippen LogP contribution in [-0.2, 0) is 11.2 Å². The first-order valence-electron chi connectivity index (χ1n) is 5.83. The fourth-order valence-corrected chi connectivity index (χ4v) is 2.91. The molecule has 1 aliphatic carbocycles. The third-order valence-electron chi connectivity index (χ3n) is 3.69. The molecule has 1 fully saturated rings. The van der Waals surface area contributed by atoms with Gasteiger partial charge >= 0.3 is 0 Å². The smallest absolute Gasteiger partial charge is 0.0986 e. The Labute approximate surface area is 90.8 Å². The summed E-state index contributed by atoms with van der Waals surface area (Å²) < 4.78 is 5.92. The zero-order valence-electron chi connectivity index (χ0n) is 9.15. The van der Waals surface area contributed by atoms with Crippen molar-refractivity contribution in [3.8, 4) is 0 Å². The van der Waals surface area contributed by atoms with E-state index in [0.29, 0.717) is 12.1 Å². The summed E-state index contributed by atoms with van der Waals surface area (Å²) in [7, 11) is 0.